The van der Waals surface area contributed by atoms with E-state index >= 15 is 0 Å². The second kappa shape index (κ2) is 9.87. The normalized spacial score (nSPS) is 10.7. The first-order valence-corrected chi connectivity index (χ1v) is 10.3. The third-order valence-electron chi connectivity index (χ3n) is 4.69. The first-order chi connectivity index (χ1) is 14.7. The largest absolute Gasteiger partial charge is 0.487 e. The molecule has 0 spiro atoms. The average molecular weight is 491 g/mol. The quantitative estimate of drug-likeness (QED) is 0.531. The topological polar surface area (TPSA) is 60.3 Å². The van der Waals surface area contributed by atoms with Crippen LogP contribution in [0.1, 0.15) is 29.3 Å². The lowest BCUT2D eigenvalue weighted by atomic mass is 10.1. The summed E-state index contributed by atoms with van der Waals surface area (Å²) in [6.07, 6.45) is 0. The summed E-state index contributed by atoms with van der Waals surface area (Å²) < 4.78 is 34.3. The lowest BCUT2D eigenvalue weighted by Crippen LogP contribution is -2.24. The number of nitrogens with zero attached hydrogens (tertiary/aromatic N) is 1. The van der Waals surface area contributed by atoms with Crippen molar-refractivity contribution in [2.75, 3.05) is 0 Å². The molecule has 0 aliphatic rings. The predicted octanol–water partition coefficient (Wildman–Crippen LogP) is 4.46. The smallest absolute Gasteiger partial charge is 0.269 e. The zero-order valence-electron chi connectivity index (χ0n) is 17.0. The Balaban J connectivity index is 1.79. The van der Waals surface area contributed by atoms with Gasteiger partial charge in [-0.2, -0.15) is 0 Å². The van der Waals surface area contributed by atoms with Gasteiger partial charge in [0.25, 0.3) is 5.56 Å². The number of pyridine rings is 1. The molecule has 0 saturated carbocycles. The molecule has 3 rings (SSSR count). The highest BCUT2D eigenvalue weighted by atomic mass is 79.9. The number of ether oxygens (including phenoxy) is 1. The fraction of sp³-hybridized carbons (Fsp3) is 0.217. The van der Waals surface area contributed by atoms with E-state index in [-0.39, 0.29) is 33.9 Å². The molecule has 0 saturated heterocycles. The number of carbonyl (C=O) groups excluding carboxylic acids is 1. The SMILES string of the molecule is CC(=O)NCc1cccc(Cn2c(C)cc(OCc3ccc(F)cc3F)c(Br)c2=O)c1. The van der Waals surface area contributed by atoms with E-state index in [1.165, 1.54) is 13.0 Å². The van der Waals surface area contributed by atoms with E-state index in [1.807, 2.05) is 24.3 Å². The molecular formula is C23H21BrF2N2O3. The Morgan fingerprint density at radius 3 is 2.58 bits per heavy atom. The molecule has 0 aliphatic carbocycles. The van der Waals surface area contributed by atoms with Crippen molar-refractivity contribution in [3.63, 3.8) is 0 Å². The molecule has 0 fully saturated rings. The molecule has 5 nitrogen and oxygen atoms in total. The van der Waals surface area contributed by atoms with E-state index in [1.54, 1.807) is 17.6 Å². The number of halogens is 3. The fourth-order valence-electron chi connectivity index (χ4n) is 3.06. The van der Waals surface area contributed by atoms with E-state index < -0.39 is 11.6 Å². The maximum atomic E-state index is 13.8. The van der Waals surface area contributed by atoms with Crippen molar-refractivity contribution in [3.8, 4) is 5.75 Å². The third kappa shape index (κ3) is 5.79. The number of hydrogen-bond donors (Lipinski definition) is 1. The van der Waals surface area contributed by atoms with Crippen molar-refractivity contribution < 1.29 is 18.3 Å². The van der Waals surface area contributed by atoms with E-state index in [4.69, 9.17) is 4.74 Å². The number of carbonyl (C=O) groups is 1. The van der Waals surface area contributed by atoms with Crippen LogP contribution in [0.25, 0.3) is 0 Å². The Hall–Kier alpha value is -3.00. The molecule has 8 heteroatoms. The molecule has 162 valence electrons. The minimum atomic E-state index is -0.708. The summed E-state index contributed by atoms with van der Waals surface area (Å²) in [4.78, 5) is 24.0. The van der Waals surface area contributed by atoms with Gasteiger partial charge in [-0.1, -0.05) is 24.3 Å². The van der Waals surface area contributed by atoms with Crippen molar-refractivity contribution in [3.05, 3.63) is 97.4 Å². The van der Waals surface area contributed by atoms with Gasteiger partial charge in [0, 0.05) is 36.9 Å². The summed E-state index contributed by atoms with van der Waals surface area (Å²) >= 11 is 3.28. The summed E-state index contributed by atoms with van der Waals surface area (Å²) in [6, 6.07) is 12.5. The number of aromatic nitrogens is 1. The van der Waals surface area contributed by atoms with Gasteiger partial charge in [0.1, 0.15) is 28.5 Å². The van der Waals surface area contributed by atoms with E-state index in [2.05, 4.69) is 21.2 Å². The van der Waals surface area contributed by atoms with Crippen LogP contribution in [0.2, 0.25) is 0 Å². The Kier molecular flexibility index (Phi) is 7.22. The molecule has 0 radical (unpaired) electrons. The number of nitrogens with one attached hydrogen (secondary N) is 1. The summed E-state index contributed by atoms with van der Waals surface area (Å²) in [5.41, 5.74) is 2.39. The Morgan fingerprint density at radius 1 is 1.13 bits per heavy atom. The molecule has 0 bridgehead atoms. The fourth-order valence-corrected chi connectivity index (χ4v) is 3.50. The van der Waals surface area contributed by atoms with Crippen LogP contribution in [-0.2, 0) is 24.5 Å². The van der Waals surface area contributed by atoms with Crippen LogP contribution >= 0.6 is 15.9 Å². The van der Waals surface area contributed by atoms with Crippen molar-refractivity contribution in [1.82, 2.24) is 9.88 Å². The highest BCUT2D eigenvalue weighted by Gasteiger charge is 2.14. The number of benzene rings is 2. The van der Waals surface area contributed by atoms with Gasteiger partial charge >= 0.3 is 0 Å². The third-order valence-corrected chi connectivity index (χ3v) is 5.42. The van der Waals surface area contributed by atoms with Crippen molar-refractivity contribution in [1.29, 1.82) is 0 Å². The molecule has 1 N–H and O–H groups in total. The summed E-state index contributed by atoms with van der Waals surface area (Å²) in [6.45, 7) is 3.84. The molecule has 3 aromatic rings. The highest BCUT2D eigenvalue weighted by molar-refractivity contribution is 9.10. The molecule has 31 heavy (non-hydrogen) atoms. The summed E-state index contributed by atoms with van der Waals surface area (Å²) in [5, 5.41) is 2.75. The molecule has 1 aromatic heterocycles. The van der Waals surface area contributed by atoms with Crippen LogP contribution in [0, 0.1) is 18.6 Å². The van der Waals surface area contributed by atoms with Crippen molar-refractivity contribution >= 4 is 21.8 Å². The van der Waals surface area contributed by atoms with Gasteiger partial charge in [-0.15, -0.1) is 0 Å². The van der Waals surface area contributed by atoms with Crippen LogP contribution in [0.4, 0.5) is 8.78 Å². The zero-order chi connectivity index (χ0) is 22.5. The molecule has 2 aromatic carbocycles. The first kappa shape index (κ1) is 22.7. The molecule has 0 unspecified atom stereocenters. The molecule has 0 atom stereocenters. The molecular weight excluding hydrogens is 470 g/mol. The van der Waals surface area contributed by atoms with Crippen LogP contribution in [0.15, 0.2) is 57.8 Å². The van der Waals surface area contributed by atoms with Gasteiger partial charge in [0.05, 0.1) is 6.54 Å². The number of aryl methyl sites for hydroxylation is 1. The maximum absolute atomic E-state index is 13.8. The van der Waals surface area contributed by atoms with Crippen LogP contribution in [0.5, 0.6) is 5.75 Å². The monoisotopic (exact) mass is 490 g/mol. The second-order valence-corrected chi connectivity index (χ2v) is 7.90. The highest BCUT2D eigenvalue weighted by Crippen LogP contribution is 2.24. The summed E-state index contributed by atoms with van der Waals surface area (Å²) in [7, 11) is 0. The van der Waals surface area contributed by atoms with Gasteiger partial charge in [0.2, 0.25) is 5.91 Å². The van der Waals surface area contributed by atoms with Gasteiger partial charge in [-0.3, -0.25) is 9.59 Å². The van der Waals surface area contributed by atoms with Crippen LogP contribution < -0.4 is 15.6 Å². The number of hydrogen-bond acceptors (Lipinski definition) is 3. The number of rotatable bonds is 7. The Labute approximate surface area is 186 Å². The number of amides is 1. The van der Waals surface area contributed by atoms with Gasteiger partial charge < -0.3 is 14.6 Å². The average Bonchev–Trinajstić information content (AvgIpc) is 2.72. The predicted molar refractivity (Wildman–Crippen MR) is 117 cm³/mol. The first-order valence-electron chi connectivity index (χ1n) is 9.53. The van der Waals surface area contributed by atoms with Gasteiger partial charge in [-0.05, 0) is 46.1 Å². The molecule has 1 heterocycles. The minimum Gasteiger partial charge on any atom is -0.487 e. The van der Waals surface area contributed by atoms with Crippen molar-refractivity contribution in [2.24, 2.45) is 0 Å². The zero-order valence-corrected chi connectivity index (χ0v) is 18.6. The Morgan fingerprint density at radius 2 is 1.87 bits per heavy atom. The van der Waals surface area contributed by atoms with Crippen LogP contribution in [-0.4, -0.2) is 10.5 Å². The van der Waals surface area contributed by atoms with E-state index in [9.17, 15) is 18.4 Å². The maximum Gasteiger partial charge on any atom is 0.269 e. The lowest BCUT2D eigenvalue weighted by Gasteiger charge is -2.15. The molecule has 0 aliphatic heterocycles. The summed E-state index contributed by atoms with van der Waals surface area (Å²) in [5.74, 6) is -1.21. The van der Waals surface area contributed by atoms with Gasteiger partial charge in [-0.25, -0.2) is 8.78 Å². The van der Waals surface area contributed by atoms with Crippen molar-refractivity contribution in [2.45, 2.75) is 33.5 Å². The second-order valence-electron chi connectivity index (χ2n) is 7.11. The standard InChI is InChI=1S/C23H21BrF2N2O3/c1-14-8-21(31-13-18-6-7-19(25)10-20(18)26)22(24)23(30)28(14)12-17-5-3-4-16(9-17)11-27-15(2)29/h3-10H,11-13H2,1-2H3,(H,27,29). The molecule has 1 amide bonds. The van der Waals surface area contributed by atoms with Gasteiger partial charge in [0.15, 0.2) is 0 Å². The Bertz CT molecular complexity index is 1180. The minimum absolute atomic E-state index is 0.113. The van der Waals surface area contributed by atoms with E-state index in [0.29, 0.717) is 18.8 Å². The lowest BCUT2D eigenvalue weighted by molar-refractivity contribution is -0.119. The van der Waals surface area contributed by atoms with Crippen LogP contribution in [0.3, 0.4) is 0 Å². The van der Waals surface area contributed by atoms with E-state index in [0.717, 1.165) is 23.3 Å².